The first-order valence-corrected chi connectivity index (χ1v) is 4.21. The molecule has 0 amide bonds. The van der Waals surface area contributed by atoms with Gasteiger partial charge in [-0.3, -0.25) is 0 Å². The fraction of sp³-hybridized carbons (Fsp3) is 0.300. The molecule has 14 heavy (non-hydrogen) atoms. The fourth-order valence-electron chi connectivity index (χ4n) is 0.943. The van der Waals surface area contributed by atoms with Gasteiger partial charge in [0.1, 0.15) is 0 Å². The van der Waals surface area contributed by atoms with Crippen LogP contribution in [0.5, 0.6) is 5.88 Å². The van der Waals surface area contributed by atoms with E-state index in [-0.39, 0.29) is 0 Å². The quantitative estimate of drug-likeness (QED) is 0.657. The molecule has 0 radical (unpaired) electrons. The Morgan fingerprint density at radius 2 is 2.43 bits per heavy atom. The van der Waals surface area contributed by atoms with Gasteiger partial charge in [-0.05, 0) is 13.1 Å². The zero-order chi connectivity index (χ0) is 10.4. The number of nitrogen functional groups attached to an aromatic ring is 1. The Balaban J connectivity index is 2.82. The van der Waals surface area contributed by atoms with Crippen molar-refractivity contribution in [2.45, 2.75) is 0 Å². The Morgan fingerprint density at radius 1 is 1.64 bits per heavy atom. The van der Waals surface area contributed by atoms with Gasteiger partial charge in [-0.15, -0.1) is 0 Å². The highest BCUT2D eigenvalue weighted by molar-refractivity contribution is 5.52. The van der Waals surface area contributed by atoms with E-state index in [2.05, 4.69) is 22.1 Å². The molecule has 0 bridgehead atoms. The number of anilines is 1. The average molecular weight is 191 g/mol. The highest BCUT2D eigenvalue weighted by atomic mass is 16.5. The summed E-state index contributed by atoms with van der Waals surface area (Å²) in [5.41, 5.74) is 6.96. The summed E-state index contributed by atoms with van der Waals surface area (Å²) in [5, 5.41) is 2.93. The first-order chi connectivity index (χ1) is 6.77. The number of methoxy groups -OCH3 is 1. The molecule has 0 spiro atoms. The number of aromatic nitrogens is 1. The smallest absolute Gasteiger partial charge is 0.236 e. The van der Waals surface area contributed by atoms with Gasteiger partial charge in [-0.2, -0.15) is 0 Å². The van der Waals surface area contributed by atoms with Crippen LogP contribution in [0.2, 0.25) is 0 Å². The topological polar surface area (TPSA) is 60.2 Å². The lowest BCUT2D eigenvalue weighted by Gasteiger charge is -2.01. The zero-order valence-corrected chi connectivity index (χ0v) is 8.29. The van der Waals surface area contributed by atoms with E-state index in [1.807, 2.05) is 7.05 Å². The van der Waals surface area contributed by atoms with Gasteiger partial charge in [0.25, 0.3) is 0 Å². The van der Waals surface area contributed by atoms with Crippen LogP contribution >= 0.6 is 0 Å². The summed E-state index contributed by atoms with van der Waals surface area (Å²) in [5.74, 6) is 6.28. The van der Waals surface area contributed by atoms with Crippen molar-refractivity contribution < 1.29 is 4.74 Å². The molecule has 4 nitrogen and oxygen atoms in total. The van der Waals surface area contributed by atoms with E-state index in [0.29, 0.717) is 18.1 Å². The maximum Gasteiger partial charge on any atom is 0.236 e. The van der Waals surface area contributed by atoms with E-state index in [4.69, 9.17) is 10.5 Å². The van der Waals surface area contributed by atoms with Crippen LogP contribution in [0.1, 0.15) is 5.56 Å². The first kappa shape index (κ1) is 10.4. The van der Waals surface area contributed by atoms with Crippen LogP contribution in [0.25, 0.3) is 0 Å². The Labute approximate surface area is 83.5 Å². The second kappa shape index (κ2) is 5.10. The molecule has 74 valence electrons. The van der Waals surface area contributed by atoms with Gasteiger partial charge >= 0.3 is 0 Å². The van der Waals surface area contributed by atoms with Gasteiger partial charge in [0.05, 0.1) is 19.3 Å². The predicted molar refractivity (Wildman–Crippen MR) is 56.0 cm³/mol. The van der Waals surface area contributed by atoms with E-state index in [9.17, 15) is 0 Å². The van der Waals surface area contributed by atoms with Crippen molar-refractivity contribution in [2.75, 3.05) is 26.4 Å². The molecule has 0 aliphatic heterocycles. The van der Waals surface area contributed by atoms with Crippen molar-refractivity contribution in [3.8, 4) is 17.7 Å². The van der Waals surface area contributed by atoms with Crippen molar-refractivity contribution >= 4 is 5.69 Å². The minimum Gasteiger partial charge on any atom is -0.480 e. The summed E-state index contributed by atoms with van der Waals surface area (Å²) in [4.78, 5) is 4.01. The van der Waals surface area contributed by atoms with E-state index >= 15 is 0 Å². The number of hydrogen-bond acceptors (Lipinski definition) is 4. The minimum absolute atomic E-state index is 0.434. The molecule has 1 heterocycles. The summed E-state index contributed by atoms with van der Waals surface area (Å²) in [6.07, 6.45) is 1.64. The maximum atomic E-state index is 5.67. The molecule has 0 saturated heterocycles. The summed E-state index contributed by atoms with van der Waals surface area (Å²) in [7, 11) is 3.38. The largest absolute Gasteiger partial charge is 0.480 e. The summed E-state index contributed by atoms with van der Waals surface area (Å²) < 4.78 is 4.93. The number of nitrogens with one attached hydrogen (secondary N) is 1. The predicted octanol–water partition coefficient (Wildman–Crippen LogP) is 0.243. The lowest BCUT2D eigenvalue weighted by Crippen LogP contribution is -2.04. The molecule has 0 aliphatic rings. The van der Waals surface area contributed by atoms with Crippen molar-refractivity contribution in [3.05, 3.63) is 17.8 Å². The van der Waals surface area contributed by atoms with Crippen LogP contribution in [0.15, 0.2) is 12.3 Å². The molecular formula is C10H13N3O. The molecule has 0 aromatic carbocycles. The lowest BCUT2D eigenvalue weighted by atomic mass is 10.2. The molecule has 0 fully saturated rings. The van der Waals surface area contributed by atoms with Gasteiger partial charge in [0, 0.05) is 11.8 Å². The standard InChI is InChI=1S/C10H13N3O/c1-12-5-3-4-8-6-9(11)10(14-2)13-7-8/h6-7,12H,5,11H2,1-2H3. The van der Waals surface area contributed by atoms with Gasteiger partial charge in [0.15, 0.2) is 0 Å². The summed E-state index contributed by atoms with van der Waals surface area (Å²) in [6.45, 7) is 0.645. The first-order valence-electron chi connectivity index (χ1n) is 4.21. The van der Waals surface area contributed by atoms with Crippen LogP contribution in [0, 0.1) is 11.8 Å². The van der Waals surface area contributed by atoms with Gasteiger partial charge < -0.3 is 15.8 Å². The number of nitrogens with two attached hydrogens (primary N) is 1. The molecule has 1 rings (SSSR count). The van der Waals surface area contributed by atoms with Gasteiger partial charge in [0.2, 0.25) is 5.88 Å². The van der Waals surface area contributed by atoms with Crippen LogP contribution in [0.4, 0.5) is 5.69 Å². The van der Waals surface area contributed by atoms with Crippen molar-refractivity contribution in [3.63, 3.8) is 0 Å². The van der Waals surface area contributed by atoms with Crippen molar-refractivity contribution in [2.24, 2.45) is 0 Å². The number of pyridine rings is 1. The zero-order valence-electron chi connectivity index (χ0n) is 8.29. The summed E-state index contributed by atoms with van der Waals surface area (Å²) >= 11 is 0. The second-order valence-corrected chi connectivity index (χ2v) is 2.65. The average Bonchev–Trinajstić information content (AvgIpc) is 2.18. The Morgan fingerprint density at radius 3 is 3.00 bits per heavy atom. The van der Waals surface area contributed by atoms with E-state index in [1.54, 1.807) is 12.3 Å². The molecule has 1 aromatic rings. The van der Waals surface area contributed by atoms with Crippen LogP contribution in [0.3, 0.4) is 0 Å². The fourth-order valence-corrected chi connectivity index (χ4v) is 0.943. The number of nitrogens with zero attached hydrogens (tertiary/aromatic N) is 1. The maximum absolute atomic E-state index is 5.67. The van der Waals surface area contributed by atoms with Crippen molar-refractivity contribution in [1.29, 1.82) is 0 Å². The third-order valence-electron chi connectivity index (χ3n) is 1.57. The second-order valence-electron chi connectivity index (χ2n) is 2.65. The minimum atomic E-state index is 0.434. The highest BCUT2D eigenvalue weighted by Crippen LogP contribution is 2.17. The molecule has 4 heteroatoms. The third kappa shape index (κ3) is 2.64. The number of ether oxygens (including phenoxy) is 1. The van der Waals surface area contributed by atoms with E-state index in [0.717, 1.165) is 5.56 Å². The molecule has 0 aliphatic carbocycles. The van der Waals surface area contributed by atoms with Crippen LogP contribution in [-0.2, 0) is 0 Å². The normalized spacial score (nSPS) is 9.00. The monoisotopic (exact) mass is 191 g/mol. The molecule has 0 atom stereocenters. The lowest BCUT2D eigenvalue weighted by molar-refractivity contribution is 0.400. The third-order valence-corrected chi connectivity index (χ3v) is 1.57. The SMILES string of the molecule is CNCC#Cc1cnc(OC)c(N)c1. The van der Waals surface area contributed by atoms with E-state index in [1.165, 1.54) is 7.11 Å². The van der Waals surface area contributed by atoms with Gasteiger partial charge in [-0.1, -0.05) is 11.8 Å². The molecule has 0 unspecified atom stereocenters. The van der Waals surface area contributed by atoms with Gasteiger partial charge in [-0.25, -0.2) is 4.98 Å². The van der Waals surface area contributed by atoms with Crippen LogP contribution in [-0.4, -0.2) is 25.7 Å². The molecule has 1 aromatic heterocycles. The number of rotatable bonds is 2. The van der Waals surface area contributed by atoms with Crippen molar-refractivity contribution in [1.82, 2.24) is 10.3 Å². The molecule has 0 saturated carbocycles. The Kier molecular flexibility index (Phi) is 3.77. The van der Waals surface area contributed by atoms with E-state index < -0.39 is 0 Å². The van der Waals surface area contributed by atoms with Crippen LogP contribution < -0.4 is 15.8 Å². The molecule has 3 N–H and O–H groups in total. The number of hydrogen-bond donors (Lipinski definition) is 2. The summed E-state index contributed by atoms with van der Waals surface area (Å²) in [6, 6.07) is 1.74. The Bertz CT molecular complexity index is 365. The molecular weight excluding hydrogens is 178 g/mol. The Hall–Kier alpha value is -1.73. The highest BCUT2D eigenvalue weighted by Gasteiger charge is 1.99.